The molecule has 2 aromatic carbocycles. The lowest BCUT2D eigenvalue weighted by Gasteiger charge is -2.05. The van der Waals surface area contributed by atoms with E-state index >= 15 is 0 Å². The molecule has 17 heavy (non-hydrogen) atoms. The maximum atomic E-state index is 5.34. The van der Waals surface area contributed by atoms with Crippen molar-refractivity contribution in [2.45, 2.75) is 0 Å². The quantitative estimate of drug-likeness (QED) is 0.677. The van der Waals surface area contributed by atoms with Crippen molar-refractivity contribution in [2.24, 2.45) is 0 Å². The van der Waals surface area contributed by atoms with E-state index in [4.69, 9.17) is 4.74 Å². The third-order valence-corrected chi connectivity index (χ3v) is 3.55. The molecular formula is C14H11NOS. The summed E-state index contributed by atoms with van der Waals surface area (Å²) in [6.45, 7) is 0. The van der Waals surface area contributed by atoms with Gasteiger partial charge in [-0.25, -0.2) is 4.98 Å². The fraction of sp³-hybridized carbons (Fsp3) is 0.0714. The highest BCUT2D eigenvalue weighted by Crippen LogP contribution is 2.36. The first-order valence-electron chi connectivity index (χ1n) is 5.36. The third kappa shape index (κ3) is 1.68. The molecule has 0 saturated carbocycles. The van der Waals surface area contributed by atoms with Gasteiger partial charge in [0, 0.05) is 5.56 Å². The summed E-state index contributed by atoms with van der Waals surface area (Å²) in [7, 11) is 1.68. The fourth-order valence-corrected chi connectivity index (χ4v) is 2.62. The topological polar surface area (TPSA) is 22.1 Å². The van der Waals surface area contributed by atoms with Gasteiger partial charge in [0.15, 0.2) is 0 Å². The fourth-order valence-electron chi connectivity index (χ4n) is 1.99. The zero-order valence-corrected chi connectivity index (χ0v) is 10.2. The van der Waals surface area contributed by atoms with Gasteiger partial charge in [-0.05, 0) is 10.8 Å². The molecule has 0 saturated heterocycles. The molecule has 0 aliphatic rings. The Kier molecular flexibility index (Phi) is 2.53. The number of thiazole rings is 1. The number of ether oxygens (including phenoxy) is 1. The average Bonchev–Trinajstić information content (AvgIpc) is 2.86. The Bertz CT molecular complexity index is 655. The molecule has 1 heterocycles. The van der Waals surface area contributed by atoms with Crippen molar-refractivity contribution < 1.29 is 4.74 Å². The van der Waals surface area contributed by atoms with Crippen LogP contribution in [0.1, 0.15) is 0 Å². The normalized spacial score (nSPS) is 10.6. The van der Waals surface area contributed by atoms with Gasteiger partial charge in [-0.2, -0.15) is 0 Å². The van der Waals surface area contributed by atoms with E-state index < -0.39 is 0 Å². The Hall–Kier alpha value is -1.87. The summed E-state index contributed by atoms with van der Waals surface area (Å²) in [6, 6.07) is 14.6. The molecule has 0 fully saturated rings. The van der Waals surface area contributed by atoms with Crippen molar-refractivity contribution >= 4 is 22.1 Å². The molecule has 0 aliphatic heterocycles. The van der Waals surface area contributed by atoms with E-state index in [1.54, 1.807) is 7.11 Å². The maximum Gasteiger partial charge on any atom is 0.201 e. The van der Waals surface area contributed by atoms with Gasteiger partial charge in [0.2, 0.25) is 5.06 Å². The molecule has 0 bridgehead atoms. The number of methoxy groups -OCH3 is 1. The van der Waals surface area contributed by atoms with Crippen molar-refractivity contribution in [1.82, 2.24) is 4.98 Å². The summed E-state index contributed by atoms with van der Waals surface area (Å²) >= 11 is 1.52. The zero-order chi connectivity index (χ0) is 11.7. The van der Waals surface area contributed by atoms with Gasteiger partial charge in [0.05, 0.1) is 12.6 Å². The first kappa shape index (κ1) is 10.3. The lowest BCUT2D eigenvalue weighted by molar-refractivity contribution is 0.428. The highest BCUT2D eigenvalue weighted by Gasteiger charge is 2.11. The third-order valence-electron chi connectivity index (χ3n) is 2.77. The highest BCUT2D eigenvalue weighted by atomic mass is 32.1. The molecule has 3 rings (SSSR count). The van der Waals surface area contributed by atoms with Gasteiger partial charge >= 0.3 is 0 Å². The Morgan fingerprint density at radius 1 is 1.06 bits per heavy atom. The molecule has 2 nitrogen and oxygen atoms in total. The van der Waals surface area contributed by atoms with Gasteiger partial charge in [-0.3, -0.25) is 0 Å². The van der Waals surface area contributed by atoms with Crippen LogP contribution in [0.15, 0.2) is 48.0 Å². The van der Waals surface area contributed by atoms with Crippen LogP contribution in [0.2, 0.25) is 0 Å². The van der Waals surface area contributed by atoms with E-state index in [1.807, 2.05) is 17.6 Å². The van der Waals surface area contributed by atoms with Crippen LogP contribution in [-0.2, 0) is 0 Å². The first-order valence-corrected chi connectivity index (χ1v) is 6.24. The van der Waals surface area contributed by atoms with E-state index in [1.165, 1.54) is 22.1 Å². The van der Waals surface area contributed by atoms with Crippen LogP contribution < -0.4 is 4.74 Å². The van der Waals surface area contributed by atoms with Crippen molar-refractivity contribution in [3.63, 3.8) is 0 Å². The lowest BCUT2D eigenvalue weighted by Crippen LogP contribution is -1.85. The Morgan fingerprint density at radius 2 is 1.88 bits per heavy atom. The number of aromatic nitrogens is 1. The molecular weight excluding hydrogens is 230 g/mol. The summed E-state index contributed by atoms with van der Waals surface area (Å²) in [5.74, 6) is 0. The number of fused-ring (bicyclic) bond motifs is 1. The summed E-state index contributed by atoms with van der Waals surface area (Å²) in [5, 5.41) is 3.29. The predicted octanol–water partition coefficient (Wildman–Crippen LogP) is 3.97. The van der Waals surface area contributed by atoms with Crippen molar-refractivity contribution in [2.75, 3.05) is 7.11 Å². The number of rotatable bonds is 2. The molecule has 0 radical (unpaired) electrons. The van der Waals surface area contributed by atoms with Crippen LogP contribution >= 0.6 is 11.3 Å². The standard InChI is InChI=1S/C14H11NOS/c1-16-14-13(15-9-17-14)12-8-4-6-10-5-2-3-7-11(10)12/h2-9H,1H3. The number of hydrogen-bond donors (Lipinski definition) is 0. The zero-order valence-electron chi connectivity index (χ0n) is 9.38. The van der Waals surface area contributed by atoms with Gasteiger partial charge < -0.3 is 4.74 Å². The molecule has 0 atom stereocenters. The molecule has 0 spiro atoms. The molecule has 3 aromatic rings. The molecule has 84 valence electrons. The Morgan fingerprint density at radius 3 is 2.76 bits per heavy atom. The van der Waals surface area contributed by atoms with Crippen molar-refractivity contribution in [3.8, 4) is 16.3 Å². The van der Waals surface area contributed by atoms with Gasteiger partial charge in [-0.1, -0.05) is 53.8 Å². The van der Waals surface area contributed by atoms with Gasteiger partial charge in [0.25, 0.3) is 0 Å². The average molecular weight is 241 g/mol. The maximum absolute atomic E-state index is 5.34. The van der Waals surface area contributed by atoms with E-state index in [9.17, 15) is 0 Å². The van der Waals surface area contributed by atoms with E-state index in [2.05, 4.69) is 35.3 Å². The van der Waals surface area contributed by atoms with Crippen LogP contribution in [0.5, 0.6) is 5.06 Å². The Balaban J connectivity index is 2.31. The monoisotopic (exact) mass is 241 g/mol. The summed E-state index contributed by atoms with van der Waals surface area (Å²) in [5.41, 5.74) is 3.87. The number of benzene rings is 2. The van der Waals surface area contributed by atoms with E-state index in [0.29, 0.717) is 0 Å². The molecule has 0 amide bonds. The van der Waals surface area contributed by atoms with Crippen LogP contribution in [0.25, 0.3) is 22.0 Å². The van der Waals surface area contributed by atoms with Crippen LogP contribution in [0, 0.1) is 0 Å². The smallest absolute Gasteiger partial charge is 0.201 e. The summed E-state index contributed by atoms with van der Waals surface area (Å²) in [4.78, 5) is 4.40. The lowest BCUT2D eigenvalue weighted by atomic mass is 10.0. The number of nitrogens with zero attached hydrogens (tertiary/aromatic N) is 1. The van der Waals surface area contributed by atoms with E-state index in [0.717, 1.165) is 16.3 Å². The minimum absolute atomic E-state index is 0.862. The highest BCUT2D eigenvalue weighted by molar-refractivity contribution is 7.12. The minimum atomic E-state index is 0.862. The first-order chi connectivity index (χ1) is 8.40. The predicted molar refractivity (Wildman–Crippen MR) is 71.6 cm³/mol. The Labute approximate surface area is 104 Å². The van der Waals surface area contributed by atoms with Crippen LogP contribution in [-0.4, -0.2) is 12.1 Å². The van der Waals surface area contributed by atoms with Crippen molar-refractivity contribution in [1.29, 1.82) is 0 Å². The number of hydrogen-bond acceptors (Lipinski definition) is 3. The van der Waals surface area contributed by atoms with Crippen LogP contribution in [0.4, 0.5) is 0 Å². The van der Waals surface area contributed by atoms with E-state index in [-0.39, 0.29) is 0 Å². The molecule has 1 aromatic heterocycles. The molecule has 0 unspecified atom stereocenters. The second-order valence-corrected chi connectivity index (χ2v) is 4.54. The second-order valence-electron chi connectivity index (χ2n) is 3.72. The molecule has 0 aliphatic carbocycles. The largest absolute Gasteiger partial charge is 0.486 e. The van der Waals surface area contributed by atoms with Crippen LogP contribution in [0.3, 0.4) is 0 Å². The SMILES string of the molecule is COc1scnc1-c1cccc2ccccc12. The molecule has 3 heteroatoms. The van der Waals surface area contributed by atoms with Gasteiger partial charge in [-0.15, -0.1) is 0 Å². The summed E-state index contributed by atoms with van der Waals surface area (Å²) < 4.78 is 5.34. The summed E-state index contributed by atoms with van der Waals surface area (Å²) in [6.07, 6.45) is 0. The van der Waals surface area contributed by atoms with Crippen molar-refractivity contribution in [3.05, 3.63) is 48.0 Å². The second kappa shape index (κ2) is 4.18. The minimum Gasteiger partial charge on any atom is -0.486 e. The molecule has 0 N–H and O–H groups in total. The van der Waals surface area contributed by atoms with Gasteiger partial charge in [0.1, 0.15) is 5.69 Å².